The molecule has 4 nitrogen and oxygen atoms in total. The Morgan fingerprint density at radius 2 is 2.05 bits per heavy atom. The normalized spacial score (nSPS) is 16.8. The molecule has 1 saturated carbocycles. The molecule has 0 saturated heterocycles. The van der Waals surface area contributed by atoms with Crippen molar-refractivity contribution in [2.75, 3.05) is 0 Å². The minimum atomic E-state index is -0.172. The summed E-state index contributed by atoms with van der Waals surface area (Å²) in [7, 11) is 0. The summed E-state index contributed by atoms with van der Waals surface area (Å²) in [5.74, 6) is -0.00685. The van der Waals surface area contributed by atoms with Gasteiger partial charge in [-0.1, -0.05) is 30.3 Å². The fourth-order valence-corrected chi connectivity index (χ4v) is 3.13. The minimum absolute atomic E-state index is 0.00685. The molecule has 0 unspecified atom stereocenters. The van der Waals surface area contributed by atoms with E-state index in [0.29, 0.717) is 0 Å². The van der Waals surface area contributed by atoms with Crippen LogP contribution in [0.15, 0.2) is 42.6 Å². The molecular formula is C17H13N3O. The molecule has 1 aliphatic heterocycles. The van der Waals surface area contributed by atoms with E-state index in [1.807, 2.05) is 24.3 Å². The summed E-state index contributed by atoms with van der Waals surface area (Å²) in [6.07, 6.45) is 3.79. The largest absolute Gasteiger partial charge is 0.359 e. The Labute approximate surface area is 121 Å². The summed E-state index contributed by atoms with van der Waals surface area (Å²) < 4.78 is 0. The maximum Gasteiger partial charge on any atom is 0.254 e. The van der Waals surface area contributed by atoms with Crippen molar-refractivity contribution in [2.45, 2.75) is 18.4 Å². The molecule has 3 aliphatic rings. The van der Waals surface area contributed by atoms with Crippen LogP contribution < -0.4 is 5.32 Å². The molecule has 1 amide bonds. The van der Waals surface area contributed by atoms with Crippen molar-refractivity contribution in [3.8, 4) is 11.4 Å². The minimum Gasteiger partial charge on any atom is -0.359 e. The van der Waals surface area contributed by atoms with Crippen LogP contribution in [0, 0.1) is 0 Å². The van der Waals surface area contributed by atoms with E-state index in [2.05, 4.69) is 27.4 Å². The van der Waals surface area contributed by atoms with Gasteiger partial charge in [0.15, 0.2) is 0 Å². The number of nitrogens with one attached hydrogen (secondary N) is 2. The van der Waals surface area contributed by atoms with Crippen LogP contribution in [0.3, 0.4) is 0 Å². The van der Waals surface area contributed by atoms with Crippen molar-refractivity contribution in [1.29, 1.82) is 0 Å². The first-order chi connectivity index (χ1) is 10.3. The number of H-pyrrole nitrogens is 1. The maximum absolute atomic E-state index is 12.6. The second-order valence-corrected chi connectivity index (χ2v) is 5.88. The van der Waals surface area contributed by atoms with Gasteiger partial charge in [0, 0.05) is 11.6 Å². The first kappa shape index (κ1) is 11.1. The molecule has 2 N–H and O–H groups in total. The molecule has 5 rings (SSSR count). The summed E-state index contributed by atoms with van der Waals surface area (Å²) in [5, 5.41) is 4.20. The highest BCUT2D eigenvalue weighted by atomic mass is 16.1. The SMILES string of the molecule is O=C(NC1(c2ccccc2)CC1)c1c[nH]c2c3nc-3cc12. The summed E-state index contributed by atoms with van der Waals surface area (Å²) >= 11 is 0. The lowest BCUT2D eigenvalue weighted by Crippen LogP contribution is -2.34. The first-order valence-electron chi connectivity index (χ1n) is 7.17. The van der Waals surface area contributed by atoms with Gasteiger partial charge in [-0.05, 0) is 24.5 Å². The van der Waals surface area contributed by atoms with Gasteiger partial charge in [-0.2, -0.15) is 0 Å². The molecule has 1 fully saturated rings. The van der Waals surface area contributed by atoms with E-state index in [0.717, 1.165) is 40.7 Å². The number of pyridine rings is 1. The molecule has 2 aliphatic carbocycles. The summed E-state index contributed by atoms with van der Waals surface area (Å²) in [5.41, 5.74) is 4.74. The van der Waals surface area contributed by atoms with Crippen LogP contribution in [-0.2, 0) is 5.54 Å². The molecule has 1 aromatic heterocycles. The highest BCUT2D eigenvalue weighted by molar-refractivity contribution is 6.13. The first-order valence-corrected chi connectivity index (χ1v) is 7.17. The monoisotopic (exact) mass is 275 g/mol. The van der Waals surface area contributed by atoms with Crippen LogP contribution in [0.1, 0.15) is 28.8 Å². The van der Waals surface area contributed by atoms with Crippen molar-refractivity contribution in [3.63, 3.8) is 0 Å². The van der Waals surface area contributed by atoms with E-state index < -0.39 is 0 Å². The molecule has 2 aromatic rings. The Kier molecular flexibility index (Phi) is 1.86. The van der Waals surface area contributed by atoms with E-state index in [9.17, 15) is 4.79 Å². The van der Waals surface area contributed by atoms with Crippen molar-refractivity contribution in [3.05, 3.63) is 53.7 Å². The number of benzene rings is 1. The molecule has 21 heavy (non-hydrogen) atoms. The van der Waals surface area contributed by atoms with Gasteiger partial charge in [0.2, 0.25) is 0 Å². The quantitative estimate of drug-likeness (QED) is 0.604. The van der Waals surface area contributed by atoms with Crippen molar-refractivity contribution < 1.29 is 4.79 Å². The third kappa shape index (κ3) is 1.50. The molecule has 1 aromatic carbocycles. The Morgan fingerprint density at radius 3 is 2.81 bits per heavy atom. The Hall–Kier alpha value is -2.62. The van der Waals surface area contributed by atoms with E-state index in [-0.39, 0.29) is 11.4 Å². The van der Waals surface area contributed by atoms with Gasteiger partial charge < -0.3 is 10.3 Å². The van der Waals surface area contributed by atoms with Gasteiger partial charge in [-0.3, -0.25) is 4.79 Å². The van der Waals surface area contributed by atoms with Crippen LogP contribution in [0.4, 0.5) is 0 Å². The molecule has 102 valence electrons. The number of carbonyl (C=O) groups is 1. The Balaban J connectivity index is 1.48. The van der Waals surface area contributed by atoms with E-state index in [1.54, 1.807) is 6.20 Å². The van der Waals surface area contributed by atoms with Gasteiger partial charge in [0.05, 0.1) is 22.3 Å². The van der Waals surface area contributed by atoms with Crippen molar-refractivity contribution in [2.24, 2.45) is 0 Å². The zero-order valence-electron chi connectivity index (χ0n) is 11.3. The predicted molar refractivity (Wildman–Crippen MR) is 79.9 cm³/mol. The zero-order valence-corrected chi connectivity index (χ0v) is 11.3. The lowest BCUT2D eigenvalue weighted by molar-refractivity contribution is 0.0932. The lowest BCUT2D eigenvalue weighted by Gasteiger charge is -2.17. The van der Waals surface area contributed by atoms with Crippen molar-refractivity contribution >= 4 is 16.8 Å². The fraction of sp³-hybridized carbons (Fsp3) is 0.176. The topological polar surface area (TPSA) is 57.8 Å². The number of aromatic nitrogens is 2. The fourth-order valence-electron chi connectivity index (χ4n) is 3.13. The average molecular weight is 275 g/mol. The number of aromatic amines is 1. The number of rotatable bonds is 3. The van der Waals surface area contributed by atoms with Gasteiger partial charge in [-0.25, -0.2) is 4.98 Å². The smallest absolute Gasteiger partial charge is 0.254 e. The third-order valence-corrected chi connectivity index (χ3v) is 4.54. The number of fused-ring (bicyclic) bond motifs is 3. The summed E-state index contributed by atoms with van der Waals surface area (Å²) in [6.45, 7) is 0. The molecule has 4 heteroatoms. The van der Waals surface area contributed by atoms with Gasteiger partial charge in [0.25, 0.3) is 5.91 Å². The van der Waals surface area contributed by atoms with Crippen LogP contribution in [0.5, 0.6) is 0 Å². The van der Waals surface area contributed by atoms with E-state index in [4.69, 9.17) is 0 Å². The molecule has 0 atom stereocenters. The average Bonchev–Trinajstić information content (AvgIpc) is 3.38. The Morgan fingerprint density at radius 1 is 1.24 bits per heavy atom. The summed E-state index contributed by atoms with van der Waals surface area (Å²) in [6, 6.07) is 12.2. The molecule has 2 heterocycles. The van der Waals surface area contributed by atoms with Gasteiger partial charge in [-0.15, -0.1) is 0 Å². The van der Waals surface area contributed by atoms with Crippen molar-refractivity contribution in [1.82, 2.24) is 15.3 Å². The molecular weight excluding hydrogens is 262 g/mol. The lowest BCUT2D eigenvalue weighted by atomic mass is 10.0. The standard InChI is InChI=1S/C17H13N3O/c21-16(12-9-18-14-11(12)8-13-15(14)19-13)20-17(6-7-17)10-4-2-1-3-5-10/h1-5,8-9,18H,6-7H2,(H,20,21). The van der Waals surface area contributed by atoms with Crippen LogP contribution >= 0.6 is 0 Å². The Bertz CT molecular complexity index is 891. The van der Waals surface area contributed by atoms with E-state index >= 15 is 0 Å². The number of nitrogens with zero attached hydrogens (tertiary/aromatic N) is 1. The number of hydrogen-bond acceptors (Lipinski definition) is 2. The van der Waals surface area contributed by atoms with Crippen LogP contribution in [-0.4, -0.2) is 15.9 Å². The molecule has 0 radical (unpaired) electrons. The number of amides is 1. The third-order valence-electron chi connectivity index (χ3n) is 4.54. The highest BCUT2D eigenvalue weighted by Crippen LogP contribution is 2.46. The van der Waals surface area contributed by atoms with Crippen LogP contribution in [0.25, 0.3) is 22.3 Å². The maximum atomic E-state index is 12.6. The van der Waals surface area contributed by atoms with E-state index in [1.165, 1.54) is 5.56 Å². The second-order valence-electron chi connectivity index (χ2n) is 5.88. The number of carbonyl (C=O) groups excluding carboxylic acids is 1. The number of hydrogen-bond donors (Lipinski definition) is 2. The summed E-state index contributed by atoms with van der Waals surface area (Å²) in [4.78, 5) is 20.0. The molecule has 0 bridgehead atoms. The zero-order chi connectivity index (χ0) is 14.0. The second kappa shape index (κ2) is 3.52. The van der Waals surface area contributed by atoms with Gasteiger partial charge in [0.1, 0.15) is 5.69 Å². The highest BCUT2D eigenvalue weighted by Gasteiger charge is 2.46. The molecule has 0 spiro atoms. The van der Waals surface area contributed by atoms with Crippen LogP contribution in [0.2, 0.25) is 0 Å². The van der Waals surface area contributed by atoms with Gasteiger partial charge >= 0.3 is 0 Å². The predicted octanol–water partition coefficient (Wildman–Crippen LogP) is 2.96.